The lowest BCUT2D eigenvalue weighted by atomic mass is 10.0. The topological polar surface area (TPSA) is 27.7 Å². The predicted octanol–water partition coefficient (Wildman–Crippen LogP) is 3.27. The fraction of sp³-hybridized carbons (Fsp3) is 1.00. The van der Waals surface area contributed by atoms with Crippen LogP contribution in [-0.4, -0.2) is 48.5 Å². The highest BCUT2D eigenvalue weighted by Crippen LogP contribution is 2.31. The van der Waals surface area contributed by atoms with Crippen molar-refractivity contribution in [3.05, 3.63) is 0 Å². The third-order valence-electron chi connectivity index (χ3n) is 6.51. The molecule has 0 radical (unpaired) electrons. The first-order chi connectivity index (χ1) is 14.1. The van der Waals surface area contributed by atoms with E-state index in [0.29, 0.717) is 4.31 Å². The molecule has 0 fully saturated rings. The molecule has 0 saturated carbocycles. The molecule has 0 saturated heterocycles. The second kappa shape index (κ2) is 21.2. The lowest BCUT2D eigenvalue weighted by molar-refractivity contribution is -1.09. The Balaban J connectivity index is 0. The molecule has 0 aromatic heterocycles. The number of ether oxygens (including phenoxy) is 2. The third kappa shape index (κ3) is 13.0. The molecule has 0 bridgehead atoms. The number of nitrogens with zero attached hydrogens (tertiary/aromatic N) is 1. The molecular formula is C24H54ClNO3Si. The van der Waals surface area contributed by atoms with Gasteiger partial charge in [-0.25, -0.2) is 4.84 Å². The molecule has 0 aliphatic heterocycles. The summed E-state index contributed by atoms with van der Waals surface area (Å²) in [7, 11) is 6.14. The number of hydrogen-bond donors (Lipinski definition) is 0. The van der Waals surface area contributed by atoms with Crippen molar-refractivity contribution in [2.75, 3.05) is 27.9 Å². The van der Waals surface area contributed by atoms with E-state index < -0.39 is 5.91 Å². The van der Waals surface area contributed by atoms with Crippen LogP contribution in [0.5, 0.6) is 0 Å². The first-order valence-corrected chi connectivity index (χ1v) is 13.5. The van der Waals surface area contributed by atoms with Gasteiger partial charge in [0, 0.05) is 14.2 Å². The average molecular weight is 468 g/mol. The molecule has 0 aromatic carbocycles. The van der Waals surface area contributed by atoms with Crippen molar-refractivity contribution in [2.45, 2.75) is 129 Å². The van der Waals surface area contributed by atoms with Gasteiger partial charge in [0.25, 0.3) is 10.4 Å². The van der Waals surface area contributed by atoms with Crippen LogP contribution in [0.2, 0.25) is 0 Å². The highest BCUT2D eigenvalue weighted by Gasteiger charge is 2.49. The number of unbranched alkanes of at least 4 members (excludes halogenated alkanes) is 14. The van der Waals surface area contributed by atoms with Crippen LogP contribution in [-0.2, 0) is 14.3 Å². The predicted molar refractivity (Wildman–Crippen MR) is 129 cm³/mol. The van der Waals surface area contributed by atoms with Gasteiger partial charge in [0.1, 0.15) is 0 Å². The highest BCUT2D eigenvalue weighted by atomic mass is 35.5. The van der Waals surface area contributed by atoms with Gasteiger partial charge in [-0.1, -0.05) is 104 Å². The van der Waals surface area contributed by atoms with E-state index >= 15 is 0 Å². The number of rotatable bonds is 22. The van der Waals surface area contributed by atoms with Gasteiger partial charge in [0.05, 0.1) is 20.1 Å². The molecule has 30 heavy (non-hydrogen) atoms. The van der Waals surface area contributed by atoms with Crippen molar-refractivity contribution in [1.29, 1.82) is 0 Å². The molecule has 0 aliphatic rings. The Morgan fingerprint density at radius 2 is 0.967 bits per heavy atom. The number of halogens is 1. The van der Waals surface area contributed by atoms with E-state index in [2.05, 4.69) is 13.8 Å². The van der Waals surface area contributed by atoms with E-state index in [1.165, 1.54) is 89.9 Å². The Hall–Kier alpha value is 0.347. The van der Waals surface area contributed by atoms with Crippen LogP contribution in [0.1, 0.15) is 123 Å². The van der Waals surface area contributed by atoms with E-state index in [9.17, 15) is 0 Å². The summed E-state index contributed by atoms with van der Waals surface area (Å²) < 4.78 is 12.2. The molecule has 0 aliphatic carbocycles. The Kier molecular flexibility index (Phi) is 23.0. The largest absolute Gasteiger partial charge is 1.00 e. The minimum atomic E-state index is -0.645. The van der Waals surface area contributed by atoms with Crippen LogP contribution in [0, 0.1) is 0 Å². The van der Waals surface area contributed by atoms with Gasteiger partial charge >= 0.3 is 5.91 Å². The van der Waals surface area contributed by atoms with Crippen LogP contribution in [0.15, 0.2) is 0 Å². The molecule has 0 N–H and O–H groups in total. The molecule has 0 aromatic rings. The summed E-state index contributed by atoms with van der Waals surface area (Å²) in [5, 5.41) is 0. The first kappa shape index (κ1) is 32.5. The van der Waals surface area contributed by atoms with E-state index in [-0.39, 0.29) is 12.4 Å². The van der Waals surface area contributed by atoms with Gasteiger partial charge in [-0.2, -0.15) is 4.31 Å². The van der Waals surface area contributed by atoms with E-state index in [1.807, 2.05) is 0 Å². The van der Waals surface area contributed by atoms with Crippen LogP contribution >= 0.6 is 0 Å². The Bertz CT molecular complexity index is 359. The Labute approximate surface area is 198 Å². The summed E-state index contributed by atoms with van der Waals surface area (Å²) in [6, 6.07) is 0. The van der Waals surface area contributed by atoms with Gasteiger partial charge in [-0.15, -0.1) is 0 Å². The lowest BCUT2D eigenvalue weighted by Gasteiger charge is -2.46. The minimum Gasteiger partial charge on any atom is -1.00 e. The van der Waals surface area contributed by atoms with Crippen molar-refractivity contribution < 1.29 is 31.0 Å². The second-order valence-corrected chi connectivity index (χ2v) is 10.3. The summed E-state index contributed by atoms with van der Waals surface area (Å²) in [5.74, 6) is -0.645. The number of quaternary nitrogens is 1. The molecular weight excluding hydrogens is 414 g/mol. The van der Waals surface area contributed by atoms with E-state index in [1.54, 1.807) is 21.3 Å². The van der Waals surface area contributed by atoms with Crippen LogP contribution in [0.3, 0.4) is 0 Å². The van der Waals surface area contributed by atoms with Crippen LogP contribution < -0.4 is 12.4 Å². The summed E-state index contributed by atoms with van der Waals surface area (Å²) >= 11 is 0. The van der Waals surface area contributed by atoms with Crippen LogP contribution in [0.4, 0.5) is 0 Å². The molecule has 0 amide bonds. The number of methoxy groups -OCH3 is 2. The highest BCUT2D eigenvalue weighted by molar-refractivity contribution is 5.97. The Morgan fingerprint density at radius 3 is 1.27 bits per heavy atom. The average Bonchev–Trinajstić information content (AvgIpc) is 2.74. The zero-order valence-corrected chi connectivity index (χ0v) is 24.0. The number of hydroxylamine groups is 2. The van der Waals surface area contributed by atoms with Crippen LogP contribution in [0.25, 0.3) is 0 Å². The van der Waals surface area contributed by atoms with Gasteiger partial charge in [-0.05, 0) is 12.8 Å². The third-order valence-corrected chi connectivity index (χ3v) is 8.00. The summed E-state index contributed by atoms with van der Waals surface area (Å²) in [6.07, 6.45) is 22.7. The van der Waals surface area contributed by atoms with Gasteiger partial charge in [0.2, 0.25) is 0 Å². The molecule has 6 heteroatoms. The summed E-state index contributed by atoms with van der Waals surface area (Å²) in [4.78, 5) is 5.85. The van der Waals surface area contributed by atoms with E-state index in [0.717, 1.165) is 36.2 Å². The molecule has 184 valence electrons. The maximum Gasteiger partial charge on any atom is 0.331 e. The normalized spacial score (nSPS) is 13.9. The molecule has 1 atom stereocenters. The van der Waals surface area contributed by atoms with Crippen molar-refractivity contribution in [2.24, 2.45) is 0 Å². The molecule has 1 unspecified atom stereocenters. The fourth-order valence-corrected chi connectivity index (χ4v) is 5.49. The SMILES string of the molecule is CCCCCCCCCCCCCCCCCC(OC)(OC)[N+]([SiH3])(CCC)OC.[Cl-]. The standard InChI is InChI=1S/C24H54NO3Si.ClH/c1-6-8-9-10-11-12-13-14-15-16-17-18-19-20-21-22-24(26-3,27-4)25(29,28-5)23-7-2;/h6-23H2,1-5,29H3;1H/q+1;/p-1. The zero-order chi connectivity index (χ0) is 21.8. The maximum atomic E-state index is 5.87. The zero-order valence-electron chi connectivity index (χ0n) is 21.3. The molecule has 0 rings (SSSR count). The Morgan fingerprint density at radius 1 is 0.600 bits per heavy atom. The smallest absolute Gasteiger partial charge is 0.331 e. The van der Waals surface area contributed by atoms with Gasteiger partial charge in [0.15, 0.2) is 0 Å². The van der Waals surface area contributed by atoms with Gasteiger partial charge < -0.3 is 21.9 Å². The van der Waals surface area contributed by atoms with Gasteiger partial charge in [-0.3, -0.25) is 0 Å². The van der Waals surface area contributed by atoms with Crippen molar-refractivity contribution in [1.82, 2.24) is 0 Å². The minimum absolute atomic E-state index is 0. The van der Waals surface area contributed by atoms with Crippen molar-refractivity contribution in [3.8, 4) is 0 Å². The van der Waals surface area contributed by atoms with Crippen molar-refractivity contribution in [3.63, 3.8) is 0 Å². The first-order valence-electron chi connectivity index (χ1n) is 12.6. The van der Waals surface area contributed by atoms with Crippen molar-refractivity contribution >= 4 is 10.4 Å². The lowest BCUT2D eigenvalue weighted by Crippen LogP contribution is -3.00. The van der Waals surface area contributed by atoms with E-state index in [4.69, 9.17) is 14.3 Å². The second-order valence-electron chi connectivity index (χ2n) is 8.83. The summed E-state index contributed by atoms with van der Waals surface area (Å²) in [5.41, 5.74) is 0. The fourth-order valence-electron chi connectivity index (χ4n) is 4.46. The quantitative estimate of drug-likeness (QED) is 0.106. The molecule has 0 heterocycles. The maximum absolute atomic E-state index is 5.87. The molecule has 4 nitrogen and oxygen atoms in total. The number of hydrogen-bond acceptors (Lipinski definition) is 3. The monoisotopic (exact) mass is 467 g/mol. The summed E-state index contributed by atoms with van der Waals surface area (Å²) in [6.45, 7) is 5.41. The molecule has 0 spiro atoms.